The summed E-state index contributed by atoms with van der Waals surface area (Å²) >= 11 is 0. The zero-order valence-electron chi connectivity index (χ0n) is 13.7. The predicted molar refractivity (Wildman–Crippen MR) is 87.3 cm³/mol. The molecule has 0 aliphatic carbocycles. The van der Waals surface area contributed by atoms with Gasteiger partial charge in [-0.3, -0.25) is 9.59 Å². The van der Waals surface area contributed by atoms with Crippen molar-refractivity contribution in [1.82, 2.24) is 4.90 Å². The van der Waals surface area contributed by atoms with E-state index in [-0.39, 0.29) is 12.2 Å². The molecule has 0 bridgehead atoms. The molecule has 132 valence electrons. The largest absolute Gasteiger partial charge is 0.481 e. The lowest BCUT2D eigenvalue weighted by molar-refractivity contribution is -0.154. The van der Waals surface area contributed by atoms with Crippen LogP contribution in [0.25, 0.3) is 0 Å². The van der Waals surface area contributed by atoms with E-state index in [1.807, 2.05) is 6.07 Å². The number of benzene rings is 1. The van der Waals surface area contributed by atoms with Crippen LogP contribution in [0.1, 0.15) is 31.2 Å². The smallest absolute Gasteiger partial charge is 0.317 e. The van der Waals surface area contributed by atoms with Crippen LogP contribution in [0, 0.1) is 17.7 Å². The lowest BCUT2D eigenvalue weighted by Gasteiger charge is -2.32. The highest BCUT2D eigenvalue weighted by Crippen LogP contribution is 2.22. The van der Waals surface area contributed by atoms with Crippen molar-refractivity contribution >= 4 is 11.9 Å². The number of carboxylic acids is 2. The molecule has 1 fully saturated rings. The number of aliphatic carboxylic acids is 2. The van der Waals surface area contributed by atoms with Crippen LogP contribution in [0.2, 0.25) is 0 Å². The van der Waals surface area contributed by atoms with Crippen molar-refractivity contribution in [3.63, 3.8) is 0 Å². The molecule has 0 spiro atoms. The minimum atomic E-state index is -1.31. The number of hydrogen-bond donors (Lipinski definition) is 2. The van der Waals surface area contributed by atoms with Crippen molar-refractivity contribution in [2.24, 2.45) is 11.8 Å². The number of carboxylic acid groups (broad SMARTS) is 2. The van der Waals surface area contributed by atoms with E-state index in [9.17, 15) is 14.0 Å². The third-order valence-corrected chi connectivity index (χ3v) is 4.68. The molecule has 6 heteroatoms. The highest BCUT2D eigenvalue weighted by atomic mass is 19.1. The molecule has 24 heavy (non-hydrogen) atoms. The predicted octanol–water partition coefficient (Wildman–Crippen LogP) is 2.65. The third kappa shape index (κ3) is 5.60. The summed E-state index contributed by atoms with van der Waals surface area (Å²) in [5.74, 6) is -3.51. The first-order chi connectivity index (χ1) is 11.5. The van der Waals surface area contributed by atoms with Crippen LogP contribution in [0.5, 0.6) is 0 Å². The van der Waals surface area contributed by atoms with Gasteiger partial charge in [0.25, 0.3) is 0 Å². The first-order valence-corrected chi connectivity index (χ1v) is 8.38. The molecule has 1 aliphatic rings. The Morgan fingerprint density at radius 2 is 1.88 bits per heavy atom. The van der Waals surface area contributed by atoms with Gasteiger partial charge in [0, 0.05) is 0 Å². The fourth-order valence-corrected chi connectivity index (χ4v) is 3.28. The van der Waals surface area contributed by atoms with E-state index in [2.05, 4.69) is 4.90 Å². The van der Waals surface area contributed by atoms with E-state index >= 15 is 0 Å². The molecular formula is C18H24FNO4. The van der Waals surface area contributed by atoms with Crippen LogP contribution < -0.4 is 0 Å². The number of hydrogen-bond acceptors (Lipinski definition) is 3. The van der Waals surface area contributed by atoms with Crippen LogP contribution in [-0.2, 0) is 16.0 Å². The van der Waals surface area contributed by atoms with Crippen molar-refractivity contribution in [3.8, 4) is 0 Å². The maximum Gasteiger partial charge on any atom is 0.317 e. The van der Waals surface area contributed by atoms with Gasteiger partial charge in [-0.15, -0.1) is 0 Å². The maximum absolute atomic E-state index is 13.2. The number of nitrogens with zero attached hydrogens (tertiary/aromatic N) is 1. The summed E-state index contributed by atoms with van der Waals surface area (Å²) in [6.07, 6.45) is 3.66. The highest BCUT2D eigenvalue weighted by Gasteiger charge is 2.26. The Balaban J connectivity index is 1.69. The second-order valence-electron chi connectivity index (χ2n) is 6.49. The monoisotopic (exact) mass is 337 g/mol. The molecule has 1 heterocycles. The molecule has 1 aromatic carbocycles. The molecule has 0 unspecified atom stereocenters. The Morgan fingerprint density at radius 1 is 1.21 bits per heavy atom. The quantitative estimate of drug-likeness (QED) is 0.713. The Kier molecular flexibility index (Phi) is 6.73. The van der Waals surface area contributed by atoms with Crippen LogP contribution in [0.4, 0.5) is 4.39 Å². The van der Waals surface area contributed by atoms with Crippen LogP contribution in [-0.4, -0.2) is 46.7 Å². The lowest BCUT2D eigenvalue weighted by atomic mass is 9.90. The average molecular weight is 337 g/mol. The second-order valence-corrected chi connectivity index (χ2v) is 6.49. The first-order valence-electron chi connectivity index (χ1n) is 8.38. The summed E-state index contributed by atoms with van der Waals surface area (Å²) < 4.78 is 13.2. The van der Waals surface area contributed by atoms with Gasteiger partial charge in [0.05, 0.1) is 0 Å². The van der Waals surface area contributed by atoms with E-state index in [1.165, 1.54) is 6.07 Å². The first kappa shape index (κ1) is 18.4. The lowest BCUT2D eigenvalue weighted by Crippen LogP contribution is -2.35. The summed E-state index contributed by atoms with van der Waals surface area (Å²) in [5, 5.41) is 17.7. The molecule has 2 rings (SSSR count). The molecule has 1 aromatic rings. The fraction of sp³-hybridized carbons (Fsp3) is 0.556. The van der Waals surface area contributed by atoms with Gasteiger partial charge < -0.3 is 15.1 Å². The molecule has 0 saturated carbocycles. The van der Waals surface area contributed by atoms with E-state index in [4.69, 9.17) is 10.2 Å². The molecule has 2 N–H and O–H groups in total. The zero-order chi connectivity index (χ0) is 17.5. The van der Waals surface area contributed by atoms with Crippen LogP contribution in [0.15, 0.2) is 24.3 Å². The van der Waals surface area contributed by atoms with Gasteiger partial charge in [-0.25, -0.2) is 4.39 Å². The molecule has 0 radical (unpaired) electrons. The van der Waals surface area contributed by atoms with Gasteiger partial charge in [0.1, 0.15) is 5.82 Å². The molecule has 5 nitrogen and oxygen atoms in total. The molecule has 0 atom stereocenters. The molecule has 1 aliphatic heterocycles. The van der Waals surface area contributed by atoms with E-state index < -0.39 is 17.9 Å². The summed E-state index contributed by atoms with van der Waals surface area (Å²) in [7, 11) is 0. The number of rotatable bonds is 8. The molecule has 0 aromatic heterocycles. The third-order valence-electron chi connectivity index (χ3n) is 4.68. The van der Waals surface area contributed by atoms with Gasteiger partial charge in [-0.1, -0.05) is 12.1 Å². The minimum Gasteiger partial charge on any atom is -0.481 e. The van der Waals surface area contributed by atoms with Crippen molar-refractivity contribution in [2.75, 3.05) is 19.6 Å². The normalized spacial score (nSPS) is 16.4. The summed E-state index contributed by atoms with van der Waals surface area (Å²) in [6.45, 7) is 2.57. The number of halogens is 1. The summed E-state index contributed by atoms with van der Waals surface area (Å²) in [5.41, 5.74) is 1.03. The Bertz CT molecular complexity index is 556. The van der Waals surface area contributed by atoms with Crippen molar-refractivity contribution in [2.45, 2.75) is 32.1 Å². The Labute approximate surface area is 141 Å². The molecule has 1 saturated heterocycles. The van der Waals surface area contributed by atoms with Crippen LogP contribution >= 0.6 is 0 Å². The number of carbonyl (C=O) groups is 2. The Morgan fingerprint density at radius 3 is 2.46 bits per heavy atom. The highest BCUT2D eigenvalue weighted by molar-refractivity contribution is 5.92. The van der Waals surface area contributed by atoms with Gasteiger partial charge >= 0.3 is 11.9 Å². The molecular weight excluding hydrogens is 313 g/mol. The van der Waals surface area contributed by atoms with Gasteiger partial charge in [0.2, 0.25) is 0 Å². The minimum absolute atomic E-state index is 0.161. The van der Waals surface area contributed by atoms with E-state index in [1.54, 1.807) is 12.1 Å². The van der Waals surface area contributed by atoms with Crippen molar-refractivity contribution in [3.05, 3.63) is 35.6 Å². The summed E-state index contributed by atoms with van der Waals surface area (Å²) in [6, 6.07) is 6.73. The maximum atomic E-state index is 13.2. The number of likely N-dealkylation sites (tertiary alicyclic amines) is 1. The average Bonchev–Trinajstić information content (AvgIpc) is 2.52. The van der Waals surface area contributed by atoms with E-state index in [0.29, 0.717) is 12.3 Å². The topological polar surface area (TPSA) is 77.8 Å². The van der Waals surface area contributed by atoms with Crippen LogP contribution in [0.3, 0.4) is 0 Å². The Hall–Kier alpha value is -1.95. The van der Waals surface area contributed by atoms with Crippen molar-refractivity contribution in [1.29, 1.82) is 0 Å². The van der Waals surface area contributed by atoms with Gasteiger partial charge in [-0.2, -0.15) is 0 Å². The summed E-state index contributed by atoms with van der Waals surface area (Å²) in [4.78, 5) is 23.9. The standard InChI is InChI=1S/C18H24FNO4/c19-15-4-1-3-14(12-15)11-13-6-9-20(10-7-13)8-2-5-16(17(21)22)18(23)24/h1,3-4,12-13,16H,2,5-11H2,(H,21,22)(H,23,24). The zero-order valence-corrected chi connectivity index (χ0v) is 13.7. The second kappa shape index (κ2) is 8.78. The van der Waals surface area contributed by atoms with Gasteiger partial charge in [0.15, 0.2) is 5.92 Å². The van der Waals surface area contributed by atoms with Crippen molar-refractivity contribution < 1.29 is 24.2 Å². The number of piperidine rings is 1. The van der Waals surface area contributed by atoms with E-state index in [0.717, 1.165) is 44.5 Å². The van der Waals surface area contributed by atoms with Gasteiger partial charge in [-0.05, 0) is 75.4 Å². The molecule has 0 amide bonds. The fourth-order valence-electron chi connectivity index (χ4n) is 3.28. The SMILES string of the molecule is O=C(O)C(CCCN1CCC(Cc2cccc(F)c2)CC1)C(=O)O.